The Morgan fingerprint density at radius 1 is 1.36 bits per heavy atom. The van der Waals surface area contributed by atoms with E-state index < -0.39 is 0 Å². The molecular weight excluding hydrogens is 501 g/mol. The smallest absolute Gasteiger partial charge is 0.191 e. The summed E-state index contributed by atoms with van der Waals surface area (Å²) in [5.74, 6) is 0.905. The zero-order chi connectivity index (χ0) is 19.2. The number of fused-ring (bicyclic) bond motifs is 1. The lowest BCUT2D eigenvalue weighted by molar-refractivity contribution is 0.197. The standard InChI is InChI=1S/C20H31N5S2.HI/c1-5-21-20(22-9-6-19-24-15(3)16(4)27-19)23-12-14(2)25-10-7-18-17(13-25)8-11-26-18;/h8,11,14H,5-7,9-10,12-13H2,1-4H3,(H2,21,22,23);1H. The van der Waals surface area contributed by atoms with E-state index in [1.807, 2.05) is 11.3 Å². The molecule has 1 atom stereocenters. The van der Waals surface area contributed by atoms with Gasteiger partial charge in [0.25, 0.3) is 0 Å². The number of thiazole rings is 1. The fraction of sp³-hybridized carbons (Fsp3) is 0.600. The van der Waals surface area contributed by atoms with E-state index in [-0.39, 0.29) is 24.0 Å². The number of aryl methyl sites for hydroxylation is 2. The van der Waals surface area contributed by atoms with Crippen LogP contribution in [-0.4, -0.2) is 48.1 Å². The fourth-order valence-corrected chi connectivity index (χ4v) is 5.08. The molecule has 1 aliphatic heterocycles. The monoisotopic (exact) mass is 533 g/mol. The molecule has 0 amide bonds. The molecule has 2 aromatic heterocycles. The van der Waals surface area contributed by atoms with Gasteiger partial charge < -0.3 is 10.6 Å². The van der Waals surface area contributed by atoms with E-state index >= 15 is 0 Å². The summed E-state index contributed by atoms with van der Waals surface area (Å²) in [6, 6.07) is 2.72. The molecule has 0 saturated carbocycles. The first-order chi connectivity index (χ1) is 13.1. The van der Waals surface area contributed by atoms with Crippen molar-refractivity contribution in [3.8, 4) is 0 Å². The minimum atomic E-state index is 0. The van der Waals surface area contributed by atoms with Crippen LogP contribution in [0, 0.1) is 13.8 Å². The number of halogens is 1. The van der Waals surface area contributed by atoms with Crippen LogP contribution < -0.4 is 10.6 Å². The third-order valence-corrected chi connectivity index (χ3v) is 7.18. The first kappa shape index (κ1) is 23.6. The zero-order valence-electron chi connectivity index (χ0n) is 17.2. The Kier molecular flexibility index (Phi) is 9.65. The first-order valence-corrected chi connectivity index (χ1v) is 11.5. The second kappa shape index (κ2) is 11.5. The SMILES string of the molecule is CCNC(=NCC(C)N1CCc2sccc2C1)NCCc1nc(C)c(C)s1.I. The Morgan fingerprint density at radius 3 is 2.89 bits per heavy atom. The van der Waals surface area contributed by atoms with Gasteiger partial charge in [-0.1, -0.05) is 0 Å². The summed E-state index contributed by atoms with van der Waals surface area (Å²) in [6.07, 6.45) is 2.11. The number of hydrogen-bond donors (Lipinski definition) is 2. The molecule has 0 aromatic carbocycles. The maximum atomic E-state index is 4.82. The lowest BCUT2D eigenvalue weighted by Crippen LogP contribution is -2.41. The lowest BCUT2D eigenvalue weighted by Gasteiger charge is -2.31. The summed E-state index contributed by atoms with van der Waals surface area (Å²) < 4.78 is 0. The van der Waals surface area contributed by atoms with Crippen molar-refractivity contribution < 1.29 is 0 Å². The van der Waals surface area contributed by atoms with Gasteiger partial charge in [0, 0.05) is 48.4 Å². The van der Waals surface area contributed by atoms with E-state index in [1.54, 1.807) is 16.2 Å². The van der Waals surface area contributed by atoms with Gasteiger partial charge >= 0.3 is 0 Å². The van der Waals surface area contributed by atoms with Crippen molar-refractivity contribution in [3.05, 3.63) is 37.5 Å². The van der Waals surface area contributed by atoms with Crippen LogP contribution >= 0.6 is 46.7 Å². The van der Waals surface area contributed by atoms with E-state index in [2.05, 4.69) is 59.7 Å². The van der Waals surface area contributed by atoms with Crippen LogP contribution in [-0.2, 0) is 19.4 Å². The van der Waals surface area contributed by atoms with Crippen molar-refractivity contribution in [3.63, 3.8) is 0 Å². The van der Waals surface area contributed by atoms with Crippen LogP contribution in [0.5, 0.6) is 0 Å². The van der Waals surface area contributed by atoms with Crippen LogP contribution in [0.15, 0.2) is 16.4 Å². The highest BCUT2D eigenvalue weighted by Gasteiger charge is 2.21. The molecule has 28 heavy (non-hydrogen) atoms. The number of nitrogens with one attached hydrogen (secondary N) is 2. The van der Waals surface area contributed by atoms with Gasteiger partial charge in [-0.25, -0.2) is 4.98 Å². The summed E-state index contributed by atoms with van der Waals surface area (Å²) >= 11 is 3.69. The maximum absolute atomic E-state index is 4.82. The van der Waals surface area contributed by atoms with Gasteiger partial charge in [0.1, 0.15) is 0 Å². The molecular formula is C20H32IN5S2. The van der Waals surface area contributed by atoms with Gasteiger partial charge in [-0.3, -0.25) is 9.89 Å². The molecule has 1 aliphatic rings. The highest BCUT2D eigenvalue weighted by Crippen LogP contribution is 2.25. The zero-order valence-corrected chi connectivity index (χ0v) is 21.2. The number of thiophene rings is 1. The number of aromatic nitrogens is 1. The van der Waals surface area contributed by atoms with Gasteiger partial charge in [-0.05, 0) is 51.1 Å². The van der Waals surface area contributed by atoms with Crippen LogP contribution in [0.4, 0.5) is 0 Å². The topological polar surface area (TPSA) is 52.6 Å². The average molecular weight is 534 g/mol. The second-order valence-corrected chi connectivity index (χ2v) is 9.37. The molecule has 0 aliphatic carbocycles. The normalized spacial score (nSPS) is 15.6. The van der Waals surface area contributed by atoms with Gasteiger partial charge in [-0.15, -0.1) is 46.7 Å². The Balaban J connectivity index is 0.00000280. The molecule has 0 saturated heterocycles. The third-order valence-electron chi connectivity index (χ3n) is 5.02. The summed E-state index contributed by atoms with van der Waals surface area (Å²) in [4.78, 5) is 14.9. The van der Waals surface area contributed by atoms with Crippen molar-refractivity contribution >= 4 is 52.6 Å². The fourth-order valence-electron chi connectivity index (χ4n) is 3.26. The highest BCUT2D eigenvalue weighted by molar-refractivity contribution is 14.0. The number of hydrogen-bond acceptors (Lipinski definition) is 5. The van der Waals surface area contributed by atoms with Crippen LogP contribution in [0.25, 0.3) is 0 Å². The average Bonchev–Trinajstić information content (AvgIpc) is 3.25. The molecule has 156 valence electrons. The predicted octanol–water partition coefficient (Wildman–Crippen LogP) is 3.98. The van der Waals surface area contributed by atoms with Crippen molar-refractivity contribution in [2.75, 3.05) is 26.2 Å². The predicted molar refractivity (Wildman–Crippen MR) is 133 cm³/mol. The molecule has 0 fully saturated rings. The second-order valence-electron chi connectivity index (χ2n) is 7.08. The molecule has 2 N–H and O–H groups in total. The minimum Gasteiger partial charge on any atom is -0.357 e. The van der Waals surface area contributed by atoms with E-state index in [0.29, 0.717) is 6.04 Å². The summed E-state index contributed by atoms with van der Waals surface area (Å²) in [5.41, 5.74) is 2.65. The summed E-state index contributed by atoms with van der Waals surface area (Å²) in [5, 5.41) is 10.2. The van der Waals surface area contributed by atoms with E-state index in [4.69, 9.17) is 4.99 Å². The van der Waals surface area contributed by atoms with Crippen molar-refractivity contribution in [2.45, 2.75) is 53.1 Å². The molecule has 0 radical (unpaired) electrons. The van der Waals surface area contributed by atoms with Crippen LogP contribution in [0.3, 0.4) is 0 Å². The molecule has 0 spiro atoms. The Bertz CT molecular complexity index is 751. The highest BCUT2D eigenvalue weighted by atomic mass is 127. The Labute approximate surface area is 194 Å². The van der Waals surface area contributed by atoms with E-state index in [9.17, 15) is 0 Å². The Morgan fingerprint density at radius 2 is 2.18 bits per heavy atom. The molecule has 0 bridgehead atoms. The van der Waals surface area contributed by atoms with E-state index in [1.165, 1.54) is 21.9 Å². The minimum absolute atomic E-state index is 0. The van der Waals surface area contributed by atoms with Gasteiger partial charge in [0.15, 0.2) is 5.96 Å². The quantitative estimate of drug-likeness (QED) is 0.321. The van der Waals surface area contributed by atoms with Gasteiger partial charge in [-0.2, -0.15) is 0 Å². The summed E-state index contributed by atoms with van der Waals surface area (Å²) in [7, 11) is 0. The number of rotatable bonds is 7. The largest absolute Gasteiger partial charge is 0.357 e. The molecule has 5 nitrogen and oxygen atoms in total. The molecule has 2 aromatic rings. The first-order valence-electron chi connectivity index (χ1n) is 9.81. The lowest BCUT2D eigenvalue weighted by atomic mass is 10.1. The van der Waals surface area contributed by atoms with Crippen molar-refractivity contribution in [2.24, 2.45) is 4.99 Å². The van der Waals surface area contributed by atoms with E-state index in [0.717, 1.165) is 50.8 Å². The van der Waals surface area contributed by atoms with Crippen molar-refractivity contribution in [1.82, 2.24) is 20.5 Å². The number of guanidine groups is 1. The van der Waals surface area contributed by atoms with Gasteiger partial charge in [0.2, 0.25) is 0 Å². The molecule has 8 heteroatoms. The van der Waals surface area contributed by atoms with Crippen LogP contribution in [0.2, 0.25) is 0 Å². The third kappa shape index (κ3) is 6.40. The number of nitrogens with zero attached hydrogens (tertiary/aromatic N) is 3. The number of aliphatic imine (C=N–C) groups is 1. The Hall–Kier alpha value is -0.710. The maximum Gasteiger partial charge on any atom is 0.191 e. The molecule has 3 rings (SSSR count). The molecule has 3 heterocycles. The van der Waals surface area contributed by atoms with Gasteiger partial charge in [0.05, 0.1) is 17.2 Å². The van der Waals surface area contributed by atoms with Crippen LogP contribution in [0.1, 0.15) is 39.9 Å². The summed E-state index contributed by atoms with van der Waals surface area (Å²) in [6.45, 7) is 13.3. The molecule has 1 unspecified atom stereocenters. The van der Waals surface area contributed by atoms with Crippen molar-refractivity contribution in [1.29, 1.82) is 0 Å².